The number of nitriles is 1. The summed E-state index contributed by atoms with van der Waals surface area (Å²) in [5.74, 6) is -2.13. The Kier molecular flexibility index (Phi) is 5.96. The Morgan fingerprint density at radius 1 is 1.24 bits per heavy atom. The molecule has 2 aromatic heterocycles. The summed E-state index contributed by atoms with van der Waals surface area (Å²) in [6.45, 7) is 0.938. The zero-order valence-electron chi connectivity index (χ0n) is 20.8. The van der Waals surface area contributed by atoms with Gasteiger partial charge in [-0.05, 0) is 47.7 Å². The largest absolute Gasteiger partial charge is 0.321 e. The molecular formula is C27H26ClF2N7O. The lowest BCUT2D eigenvalue weighted by atomic mass is 9.57. The molecule has 1 amide bonds. The number of carbonyl (C=O) groups excluding carboxylic acids is 1. The molecule has 0 bridgehead atoms. The van der Waals surface area contributed by atoms with Crippen LogP contribution in [0.25, 0.3) is 0 Å². The second kappa shape index (κ2) is 9.10. The minimum Gasteiger partial charge on any atom is -0.321 e. The third kappa shape index (κ3) is 4.44. The molecule has 8 nitrogen and oxygen atoms in total. The van der Waals surface area contributed by atoms with Gasteiger partial charge in [0.25, 0.3) is 11.8 Å². The van der Waals surface area contributed by atoms with Crippen molar-refractivity contribution in [1.82, 2.24) is 25.1 Å². The summed E-state index contributed by atoms with van der Waals surface area (Å²) in [7, 11) is 1.90. The first kappa shape index (κ1) is 24.9. The lowest BCUT2D eigenvalue weighted by Gasteiger charge is -2.45. The predicted octanol–water partition coefficient (Wildman–Crippen LogP) is 4.18. The summed E-state index contributed by atoms with van der Waals surface area (Å²) >= 11 is 6.27. The van der Waals surface area contributed by atoms with Crippen LogP contribution in [0.1, 0.15) is 52.1 Å². The van der Waals surface area contributed by atoms with Crippen molar-refractivity contribution >= 4 is 23.3 Å². The first-order valence-electron chi connectivity index (χ1n) is 12.6. The van der Waals surface area contributed by atoms with Gasteiger partial charge in [-0.3, -0.25) is 9.69 Å². The van der Waals surface area contributed by atoms with Gasteiger partial charge in [-0.2, -0.15) is 5.26 Å². The number of carbonyl (C=O) groups is 1. The number of anilines is 1. The van der Waals surface area contributed by atoms with Crippen molar-refractivity contribution in [2.45, 2.75) is 50.1 Å². The Bertz CT molecular complexity index is 1460. The minimum atomic E-state index is -2.57. The molecule has 1 atom stereocenters. The molecule has 1 aromatic carbocycles. The summed E-state index contributed by atoms with van der Waals surface area (Å²) in [4.78, 5) is 19.5. The molecule has 2 fully saturated rings. The fourth-order valence-electron chi connectivity index (χ4n) is 5.70. The van der Waals surface area contributed by atoms with Crippen LogP contribution in [-0.4, -0.2) is 38.1 Å². The second-order valence-electron chi connectivity index (χ2n) is 10.8. The molecular weight excluding hydrogens is 512 g/mol. The van der Waals surface area contributed by atoms with Crippen molar-refractivity contribution in [2.24, 2.45) is 18.9 Å². The lowest BCUT2D eigenvalue weighted by Crippen LogP contribution is -2.43. The van der Waals surface area contributed by atoms with Crippen LogP contribution in [0.3, 0.4) is 0 Å². The van der Waals surface area contributed by atoms with Crippen LogP contribution >= 0.6 is 11.6 Å². The number of hydrogen-bond donors (Lipinski definition) is 1. The molecule has 1 unspecified atom stereocenters. The Morgan fingerprint density at radius 2 is 2.03 bits per heavy atom. The van der Waals surface area contributed by atoms with Gasteiger partial charge in [-0.15, -0.1) is 10.2 Å². The van der Waals surface area contributed by atoms with Gasteiger partial charge in [0.1, 0.15) is 23.1 Å². The highest BCUT2D eigenvalue weighted by molar-refractivity contribution is 6.29. The summed E-state index contributed by atoms with van der Waals surface area (Å²) in [5.41, 5.74) is 3.00. The third-order valence-corrected chi connectivity index (χ3v) is 8.27. The normalized spacial score (nSPS) is 25.1. The maximum absolute atomic E-state index is 13.5. The molecule has 1 aliphatic heterocycles. The van der Waals surface area contributed by atoms with Crippen molar-refractivity contribution < 1.29 is 13.6 Å². The standard InChI is InChI=1S/C27H26ClF2N7O/c1-36-15-33-35-24(36)10-26(7-17(8-26)11-31)19-3-2-18-14-37(25(38)21(18)6-19)23-5-16(4-22(28)34-23)12-32-13-20-9-27(20,29)30/h2-6,15,17,20,32H,7-10,12-14H2,1H3. The molecule has 2 aliphatic carbocycles. The number of aryl methyl sites for hydroxylation is 1. The molecule has 1 N–H and O–H groups in total. The summed E-state index contributed by atoms with van der Waals surface area (Å²) < 4.78 is 28.2. The SMILES string of the molecule is Cn1cnnc1CC1(c2ccc3c(c2)C(=O)N(c2cc(CNCC4CC4(F)F)cc(Cl)n2)C3)CC(C#N)C1. The van der Waals surface area contributed by atoms with E-state index in [1.54, 1.807) is 23.4 Å². The van der Waals surface area contributed by atoms with E-state index in [0.29, 0.717) is 43.7 Å². The van der Waals surface area contributed by atoms with Crippen LogP contribution in [-0.2, 0) is 32.0 Å². The van der Waals surface area contributed by atoms with Gasteiger partial charge in [0, 0.05) is 55.8 Å². The quantitative estimate of drug-likeness (QED) is 0.433. The smallest absolute Gasteiger partial charge is 0.260 e. The summed E-state index contributed by atoms with van der Waals surface area (Å²) in [5, 5.41) is 21.0. The first-order chi connectivity index (χ1) is 18.2. The number of pyridine rings is 1. The van der Waals surface area contributed by atoms with Crippen LogP contribution in [0.2, 0.25) is 5.15 Å². The maximum Gasteiger partial charge on any atom is 0.260 e. The molecule has 0 saturated heterocycles. The van der Waals surface area contributed by atoms with E-state index in [1.807, 2.05) is 29.8 Å². The number of nitrogens with zero attached hydrogens (tertiary/aromatic N) is 6. The molecule has 38 heavy (non-hydrogen) atoms. The molecule has 0 spiro atoms. The van der Waals surface area contributed by atoms with Crippen molar-refractivity contribution in [1.29, 1.82) is 5.26 Å². The number of nitrogens with one attached hydrogen (secondary N) is 1. The van der Waals surface area contributed by atoms with Crippen molar-refractivity contribution in [2.75, 3.05) is 11.4 Å². The van der Waals surface area contributed by atoms with E-state index < -0.39 is 11.8 Å². The van der Waals surface area contributed by atoms with E-state index in [-0.39, 0.29) is 35.4 Å². The number of fused-ring (bicyclic) bond motifs is 1. The van der Waals surface area contributed by atoms with Crippen LogP contribution in [0.15, 0.2) is 36.7 Å². The average molecular weight is 538 g/mol. The molecule has 3 heterocycles. The van der Waals surface area contributed by atoms with E-state index in [0.717, 1.165) is 22.5 Å². The van der Waals surface area contributed by atoms with Gasteiger partial charge in [-0.1, -0.05) is 23.7 Å². The van der Waals surface area contributed by atoms with Crippen LogP contribution in [0.5, 0.6) is 0 Å². The Balaban J connectivity index is 1.22. The summed E-state index contributed by atoms with van der Waals surface area (Å²) in [6, 6.07) is 11.8. The van der Waals surface area contributed by atoms with Gasteiger partial charge in [0.05, 0.1) is 12.6 Å². The average Bonchev–Trinajstić information content (AvgIpc) is 3.12. The van der Waals surface area contributed by atoms with Gasteiger partial charge in [-0.25, -0.2) is 13.8 Å². The molecule has 196 valence electrons. The van der Waals surface area contributed by atoms with Crippen molar-refractivity contribution in [3.05, 3.63) is 69.9 Å². The van der Waals surface area contributed by atoms with Crippen LogP contribution in [0, 0.1) is 23.2 Å². The number of aromatic nitrogens is 4. The number of hydrogen-bond acceptors (Lipinski definition) is 6. The molecule has 0 radical (unpaired) electrons. The topological polar surface area (TPSA) is 99.7 Å². The Morgan fingerprint density at radius 3 is 2.71 bits per heavy atom. The zero-order chi connectivity index (χ0) is 26.7. The predicted molar refractivity (Wildman–Crippen MR) is 136 cm³/mol. The van der Waals surface area contributed by atoms with E-state index >= 15 is 0 Å². The van der Waals surface area contributed by atoms with E-state index in [9.17, 15) is 18.8 Å². The van der Waals surface area contributed by atoms with Crippen molar-refractivity contribution in [3.63, 3.8) is 0 Å². The number of halogens is 3. The molecule has 6 rings (SSSR count). The minimum absolute atomic E-state index is 0.0301. The van der Waals surface area contributed by atoms with Gasteiger partial charge < -0.3 is 9.88 Å². The zero-order valence-corrected chi connectivity index (χ0v) is 21.5. The highest BCUT2D eigenvalue weighted by atomic mass is 35.5. The van der Waals surface area contributed by atoms with E-state index in [4.69, 9.17) is 11.6 Å². The fourth-order valence-corrected chi connectivity index (χ4v) is 5.93. The fraction of sp³-hybridized carbons (Fsp3) is 0.444. The number of benzene rings is 1. The van der Waals surface area contributed by atoms with Crippen LogP contribution < -0.4 is 10.2 Å². The summed E-state index contributed by atoms with van der Waals surface area (Å²) in [6.07, 6.45) is 3.62. The van der Waals surface area contributed by atoms with Gasteiger partial charge in [0.2, 0.25) is 0 Å². The van der Waals surface area contributed by atoms with Gasteiger partial charge in [0.15, 0.2) is 0 Å². The first-order valence-corrected chi connectivity index (χ1v) is 13.0. The van der Waals surface area contributed by atoms with Crippen molar-refractivity contribution in [3.8, 4) is 6.07 Å². The van der Waals surface area contributed by atoms with E-state index in [1.165, 1.54) is 0 Å². The third-order valence-electron chi connectivity index (χ3n) is 8.08. The number of rotatable bonds is 8. The highest BCUT2D eigenvalue weighted by Crippen LogP contribution is 2.50. The maximum atomic E-state index is 13.5. The monoisotopic (exact) mass is 537 g/mol. The van der Waals surface area contributed by atoms with Crippen LogP contribution in [0.4, 0.5) is 14.6 Å². The molecule has 11 heteroatoms. The second-order valence-corrected chi connectivity index (χ2v) is 11.1. The van der Waals surface area contributed by atoms with E-state index in [2.05, 4.69) is 26.6 Å². The lowest BCUT2D eigenvalue weighted by molar-refractivity contribution is 0.0981. The molecule has 2 saturated carbocycles. The number of alkyl halides is 2. The van der Waals surface area contributed by atoms with Gasteiger partial charge >= 0.3 is 0 Å². The Labute approximate surface area is 223 Å². The Hall–Kier alpha value is -3.42. The molecule has 3 aromatic rings. The molecule has 3 aliphatic rings. The number of amides is 1. The highest BCUT2D eigenvalue weighted by Gasteiger charge is 2.56.